The molecule has 0 rings (SSSR count). The fourth-order valence-electron chi connectivity index (χ4n) is 1.68. The second-order valence-electron chi connectivity index (χ2n) is 4.75. The van der Waals surface area contributed by atoms with Crippen molar-refractivity contribution in [3.8, 4) is 0 Å². The Hall–Kier alpha value is 0.0900. The van der Waals surface area contributed by atoms with Gasteiger partial charge in [-0.3, -0.25) is 0 Å². The first kappa shape index (κ1) is 22.1. The minimum atomic E-state index is 0.591. The van der Waals surface area contributed by atoms with Crippen molar-refractivity contribution in [2.75, 3.05) is 71.9 Å². The summed E-state index contributed by atoms with van der Waals surface area (Å²) in [4.78, 5) is 0. The number of hydrogen-bond donors (Lipinski definition) is 0. The van der Waals surface area contributed by atoms with Crippen LogP contribution in [0.4, 0.5) is 0 Å². The molecule has 0 saturated heterocycles. The fraction of sp³-hybridized carbons (Fsp3) is 1.00. The van der Waals surface area contributed by atoms with Crippen LogP contribution in [0.3, 0.4) is 0 Å². The van der Waals surface area contributed by atoms with Crippen molar-refractivity contribution in [3.05, 3.63) is 0 Å². The Morgan fingerprint density at radius 3 is 1.36 bits per heavy atom. The summed E-state index contributed by atoms with van der Waals surface area (Å²) in [5.74, 6) is 0.760. The van der Waals surface area contributed by atoms with Crippen LogP contribution in [0.15, 0.2) is 0 Å². The normalized spacial score (nSPS) is 11.2. The minimum absolute atomic E-state index is 0.591. The maximum absolute atomic E-state index is 5.61. The molecular formula is C16H33ClO5. The molecule has 0 aromatic rings. The summed E-state index contributed by atoms with van der Waals surface area (Å²) in [7, 11) is 0. The van der Waals surface area contributed by atoms with Crippen LogP contribution in [-0.4, -0.2) is 71.9 Å². The average Bonchev–Trinajstić information content (AvgIpc) is 2.54. The van der Waals surface area contributed by atoms with Gasteiger partial charge in [-0.25, -0.2) is 0 Å². The lowest BCUT2D eigenvalue weighted by atomic mass is 10.2. The largest absolute Gasteiger partial charge is 0.379 e. The number of rotatable bonds is 19. The van der Waals surface area contributed by atoms with E-state index in [4.69, 9.17) is 35.3 Å². The summed E-state index contributed by atoms with van der Waals surface area (Å²) in [6.45, 7) is 8.42. The highest BCUT2D eigenvalue weighted by Crippen LogP contribution is 2.00. The van der Waals surface area contributed by atoms with Crippen LogP contribution in [0.25, 0.3) is 0 Å². The van der Waals surface area contributed by atoms with Gasteiger partial charge >= 0.3 is 0 Å². The zero-order chi connectivity index (χ0) is 16.1. The maximum atomic E-state index is 5.61. The van der Waals surface area contributed by atoms with Gasteiger partial charge in [0, 0.05) is 19.1 Å². The fourth-order valence-corrected chi connectivity index (χ4v) is 1.87. The summed E-state index contributed by atoms with van der Waals surface area (Å²) in [5, 5.41) is 0. The first-order chi connectivity index (χ1) is 10.9. The predicted octanol–water partition coefficient (Wildman–Crippen LogP) is 2.89. The van der Waals surface area contributed by atoms with E-state index in [1.54, 1.807) is 0 Å². The van der Waals surface area contributed by atoms with Crippen molar-refractivity contribution in [2.24, 2.45) is 0 Å². The number of hydrogen-bond acceptors (Lipinski definition) is 5. The van der Waals surface area contributed by atoms with Crippen LogP contribution in [-0.2, 0) is 23.7 Å². The second kappa shape index (κ2) is 21.1. The third kappa shape index (κ3) is 20.1. The molecule has 0 fully saturated rings. The molecule has 0 aromatic carbocycles. The Balaban J connectivity index is 2.91. The Kier molecular flexibility index (Phi) is 21.2. The molecule has 5 nitrogen and oxygen atoms in total. The molecule has 0 aliphatic carbocycles. The van der Waals surface area contributed by atoms with Crippen LogP contribution in [0, 0.1) is 0 Å². The summed E-state index contributed by atoms with van der Waals surface area (Å²) in [5.41, 5.74) is 0. The first-order valence-corrected chi connectivity index (χ1v) is 8.90. The molecular weight excluding hydrogens is 308 g/mol. The van der Waals surface area contributed by atoms with Crippen molar-refractivity contribution in [2.45, 2.75) is 32.6 Å². The van der Waals surface area contributed by atoms with E-state index in [-0.39, 0.29) is 0 Å². The molecule has 0 bridgehead atoms. The Bertz CT molecular complexity index is 175. The molecule has 0 N–H and O–H groups in total. The summed E-state index contributed by atoms with van der Waals surface area (Å²) >= 11 is 5.61. The zero-order valence-corrected chi connectivity index (χ0v) is 14.8. The average molecular weight is 341 g/mol. The third-order valence-electron chi connectivity index (χ3n) is 2.86. The molecule has 0 aromatic heterocycles. The number of ether oxygens (including phenoxy) is 5. The van der Waals surface area contributed by atoms with Gasteiger partial charge in [0.15, 0.2) is 0 Å². The lowest BCUT2D eigenvalue weighted by Gasteiger charge is -2.07. The maximum Gasteiger partial charge on any atom is 0.0701 e. The van der Waals surface area contributed by atoms with E-state index in [1.165, 1.54) is 12.8 Å². The SMILES string of the molecule is CCOCCOCCOCCOCCOCCCCCCCl. The van der Waals surface area contributed by atoms with Crippen LogP contribution < -0.4 is 0 Å². The molecule has 0 unspecified atom stereocenters. The van der Waals surface area contributed by atoms with E-state index in [9.17, 15) is 0 Å². The monoisotopic (exact) mass is 340 g/mol. The van der Waals surface area contributed by atoms with Gasteiger partial charge in [0.1, 0.15) is 0 Å². The smallest absolute Gasteiger partial charge is 0.0701 e. The lowest BCUT2D eigenvalue weighted by molar-refractivity contribution is -0.0104. The molecule has 0 aliphatic rings. The molecule has 6 heteroatoms. The predicted molar refractivity (Wildman–Crippen MR) is 89.0 cm³/mol. The molecule has 0 spiro atoms. The quantitative estimate of drug-likeness (QED) is 0.267. The summed E-state index contributed by atoms with van der Waals surface area (Å²) in [6, 6.07) is 0. The van der Waals surface area contributed by atoms with Gasteiger partial charge in [-0.05, 0) is 19.8 Å². The number of alkyl halides is 1. The van der Waals surface area contributed by atoms with Crippen molar-refractivity contribution in [1.82, 2.24) is 0 Å². The Morgan fingerprint density at radius 1 is 0.500 bits per heavy atom. The van der Waals surface area contributed by atoms with E-state index in [0.29, 0.717) is 52.9 Å². The molecule has 0 atom stereocenters. The zero-order valence-electron chi connectivity index (χ0n) is 14.0. The second-order valence-corrected chi connectivity index (χ2v) is 5.13. The van der Waals surface area contributed by atoms with Crippen LogP contribution in [0.5, 0.6) is 0 Å². The van der Waals surface area contributed by atoms with Gasteiger partial charge in [-0.15, -0.1) is 11.6 Å². The van der Waals surface area contributed by atoms with Crippen molar-refractivity contribution < 1.29 is 23.7 Å². The van der Waals surface area contributed by atoms with Crippen LogP contribution in [0.1, 0.15) is 32.6 Å². The Morgan fingerprint density at radius 2 is 0.909 bits per heavy atom. The van der Waals surface area contributed by atoms with Gasteiger partial charge < -0.3 is 23.7 Å². The highest BCUT2D eigenvalue weighted by atomic mass is 35.5. The minimum Gasteiger partial charge on any atom is -0.379 e. The van der Waals surface area contributed by atoms with E-state index in [2.05, 4.69) is 0 Å². The topological polar surface area (TPSA) is 46.2 Å². The molecule has 0 heterocycles. The summed E-state index contributed by atoms with van der Waals surface area (Å²) in [6.07, 6.45) is 4.58. The van der Waals surface area contributed by atoms with Gasteiger partial charge in [0.2, 0.25) is 0 Å². The highest BCUT2D eigenvalue weighted by Gasteiger charge is 1.93. The van der Waals surface area contributed by atoms with Crippen LogP contribution >= 0.6 is 11.6 Å². The van der Waals surface area contributed by atoms with Gasteiger partial charge in [0.25, 0.3) is 0 Å². The van der Waals surface area contributed by atoms with Crippen molar-refractivity contribution >= 4 is 11.6 Å². The Labute approximate surface area is 140 Å². The third-order valence-corrected chi connectivity index (χ3v) is 3.13. The van der Waals surface area contributed by atoms with Gasteiger partial charge in [-0.1, -0.05) is 12.8 Å². The van der Waals surface area contributed by atoms with Gasteiger partial charge in [0.05, 0.1) is 52.9 Å². The van der Waals surface area contributed by atoms with E-state index >= 15 is 0 Å². The van der Waals surface area contributed by atoms with Crippen molar-refractivity contribution in [3.63, 3.8) is 0 Å². The van der Waals surface area contributed by atoms with Crippen molar-refractivity contribution in [1.29, 1.82) is 0 Å². The van der Waals surface area contributed by atoms with Gasteiger partial charge in [-0.2, -0.15) is 0 Å². The number of unbranched alkanes of at least 4 members (excludes halogenated alkanes) is 3. The molecule has 134 valence electrons. The first-order valence-electron chi connectivity index (χ1n) is 8.36. The molecule has 0 aliphatic heterocycles. The van der Waals surface area contributed by atoms with E-state index in [0.717, 1.165) is 31.9 Å². The van der Waals surface area contributed by atoms with Crippen LogP contribution in [0.2, 0.25) is 0 Å². The molecule has 22 heavy (non-hydrogen) atoms. The standard InChI is InChI=1S/C16H33ClO5/c1-2-18-9-10-20-13-14-22-16-15-21-12-11-19-8-6-4-3-5-7-17/h2-16H2,1H3. The molecule has 0 amide bonds. The summed E-state index contributed by atoms with van der Waals surface area (Å²) < 4.78 is 26.7. The highest BCUT2D eigenvalue weighted by molar-refractivity contribution is 6.17. The van der Waals surface area contributed by atoms with E-state index in [1.807, 2.05) is 6.92 Å². The molecule has 0 saturated carbocycles. The van der Waals surface area contributed by atoms with E-state index < -0.39 is 0 Å². The lowest BCUT2D eigenvalue weighted by Crippen LogP contribution is -2.13. The molecule has 0 radical (unpaired) electrons. The number of halogens is 1.